The first-order valence-electron chi connectivity index (χ1n) is 9.22. The summed E-state index contributed by atoms with van der Waals surface area (Å²) < 4.78 is 4.51. The van der Waals surface area contributed by atoms with Crippen LogP contribution in [0.15, 0.2) is 24.3 Å². The minimum Gasteiger partial charge on any atom is -0.466 e. The van der Waals surface area contributed by atoms with Gasteiger partial charge < -0.3 is 4.74 Å². The van der Waals surface area contributed by atoms with Gasteiger partial charge in [0.25, 0.3) is 0 Å². The number of allylic oxidation sites excluding steroid dienone is 3. The number of hydrogen-bond acceptors (Lipinski definition) is 2. The van der Waals surface area contributed by atoms with Crippen molar-refractivity contribution in [1.82, 2.24) is 0 Å². The van der Waals surface area contributed by atoms with E-state index in [4.69, 9.17) is 0 Å². The van der Waals surface area contributed by atoms with Gasteiger partial charge in [-0.3, -0.25) is 0 Å². The molecule has 22 heavy (non-hydrogen) atoms. The topological polar surface area (TPSA) is 26.3 Å². The standard InChI is InChI=1S/C20H36O2/c1-3-4-5-6-7-8-9-10-11-12-13-14-15-16-17-18-19-20(21)22-2/h16-19H,3-15H2,1-2H3. The SMILES string of the molecule is CCCCCCCCCCCCCCC=CC=CC(=O)OC. The largest absolute Gasteiger partial charge is 0.466 e. The Kier molecular flexibility index (Phi) is 17.1. The molecular weight excluding hydrogens is 272 g/mol. The molecule has 0 aromatic heterocycles. The molecule has 0 heterocycles. The van der Waals surface area contributed by atoms with Crippen molar-refractivity contribution < 1.29 is 9.53 Å². The van der Waals surface area contributed by atoms with Crippen molar-refractivity contribution in [3.8, 4) is 0 Å². The van der Waals surface area contributed by atoms with Gasteiger partial charge in [0.1, 0.15) is 0 Å². The lowest BCUT2D eigenvalue weighted by Crippen LogP contribution is -1.92. The van der Waals surface area contributed by atoms with Crippen LogP contribution in [-0.4, -0.2) is 13.1 Å². The summed E-state index contributed by atoms with van der Waals surface area (Å²) in [6.07, 6.45) is 25.0. The molecule has 0 radical (unpaired) electrons. The number of carbonyl (C=O) groups is 1. The lowest BCUT2D eigenvalue weighted by molar-refractivity contribution is -0.134. The Bertz CT molecular complexity index is 292. The molecule has 0 saturated carbocycles. The second-order valence-electron chi connectivity index (χ2n) is 5.99. The number of ether oxygens (including phenoxy) is 1. The molecular formula is C20H36O2. The molecule has 0 aromatic rings. The van der Waals surface area contributed by atoms with Gasteiger partial charge in [-0.2, -0.15) is 0 Å². The maximum Gasteiger partial charge on any atom is 0.330 e. The average molecular weight is 309 g/mol. The van der Waals surface area contributed by atoms with Crippen LogP contribution < -0.4 is 0 Å². The van der Waals surface area contributed by atoms with E-state index in [0.29, 0.717) is 0 Å². The van der Waals surface area contributed by atoms with Gasteiger partial charge in [0, 0.05) is 6.08 Å². The van der Waals surface area contributed by atoms with E-state index >= 15 is 0 Å². The average Bonchev–Trinajstić information content (AvgIpc) is 2.54. The van der Waals surface area contributed by atoms with E-state index in [0.717, 1.165) is 6.42 Å². The van der Waals surface area contributed by atoms with Gasteiger partial charge in [-0.1, -0.05) is 95.8 Å². The Hall–Kier alpha value is -1.05. The maximum absolute atomic E-state index is 10.8. The van der Waals surface area contributed by atoms with Crippen molar-refractivity contribution in [1.29, 1.82) is 0 Å². The molecule has 0 rings (SSSR count). The predicted molar refractivity (Wildman–Crippen MR) is 96.0 cm³/mol. The summed E-state index contributed by atoms with van der Waals surface area (Å²) in [4.78, 5) is 10.8. The summed E-state index contributed by atoms with van der Waals surface area (Å²) in [7, 11) is 1.39. The Morgan fingerprint density at radius 1 is 0.773 bits per heavy atom. The van der Waals surface area contributed by atoms with Crippen molar-refractivity contribution in [3.05, 3.63) is 24.3 Å². The lowest BCUT2D eigenvalue weighted by atomic mass is 10.0. The highest BCUT2D eigenvalue weighted by Gasteiger charge is 1.93. The van der Waals surface area contributed by atoms with Crippen LogP contribution in [0.2, 0.25) is 0 Å². The molecule has 0 atom stereocenters. The Balaban J connectivity index is 3.16. The van der Waals surface area contributed by atoms with Crippen molar-refractivity contribution in [2.45, 2.75) is 90.4 Å². The minimum atomic E-state index is -0.296. The maximum atomic E-state index is 10.8. The molecule has 0 unspecified atom stereocenters. The van der Waals surface area contributed by atoms with Crippen LogP contribution >= 0.6 is 0 Å². The molecule has 0 spiro atoms. The fraction of sp³-hybridized carbons (Fsp3) is 0.750. The van der Waals surface area contributed by atoms with Crippen LogP contribution in [-0.2, 0) is 9.53 Å². The Morgan fingerprint density at radius 3 is 1.77 bits per heavy atom. The minimum absolute atomic E-state index is 0.296. The van der Waals surface area contributed by atoms with Crippen LogP contribution in [0, 0.1) is 0 Å². The third kappa shape index (κ3) is 17.0. The van der Waals surface area contributed by atoms with Crippen molar-refractivity contribution in [3.63, 3.8) is 0 Å². The number of methoxy groups -OCH3 is 1. The highest BCUT2D eigenvalue weighted by molar-refractivity contribution is 5.82. The molecule has 0 saturated heterocycles. The first-order valence-corrected chi connectivity index (χ1v) is 9.22. The van der Waals surface area contributed by atoms with Crippen molar-refractivity contribution in [2.24, 2.45) is 0 Å². The van der Waals surface area contributed by atoms with Crippen molar-refractivity contribution in [2.75, 3.05) is 7.11 Å². The van der Waals surface area contributed by atoms with Crippen molar-refractivity contribution >= 4 is 5.97 Å². The number of carbonyl (C=O) groups excluding carboxylic acids is 1. The first-order chi connectivity index (χ1) is 10.8. The molecule has 0 aromatic carbocycles. The van der Waals surface area contributed by atoms with Gasteiger partial charge >= 0.3 is 5.97 Å². The molecule has 2 heteroatoms. The highest BCUT2D eigenvalue weighted by Crippen LogP contribution is 2.12. The highest BCUT2D eigenvalue weighted by atomic mass is 16.5. The van der Waals surface area contributed by atoms with Crippen LogP contribution in [0.4, 0.5) is 0 Å². The van der Waals surface area contributed by atoms with E-state index < -0.39 is 0 Å². The van der Waals surface area contributed by atoms with Crippen LogP contribution in [0.3, 0.4) is 0 Å². The quantitative estimate of drug-likeness (QED) is 0.152. The molecule has 0 amide bonds. The fourth-order valence-corrected chi connectivity index (χ4v) is 2.48. The van der Waals surface area contributed by atoms with Gasteiger partial charge in [0.15, 0.2) is 0 Å². The van der Waals surface area contributed by atoms with E-state index in [2.05, 4.69) is 17.7 Å². The van der Waals surface area contributed by atoms with E-state index in [9.17, 15) is 4.79 Å². The molecule has 0 fully saturated rings. The van der Waals surface area contributed by atoms with Crippen LogP contribution in [0.25, 0.3) is 0 Å². The Morgan fingerprint density at radius 2 is 1.27 bits per heavy atom. The van der Waals surface area contributed by atoms with Gasteiger partial charge in [0.2, 0.25) is 0 Å². The second-order valence-corrected chi connectivity index (χ2v) is 5.99. The normalized spacial score (nSPS) is 11.5. The summed E-state index contributed by atoms with van der Waals surface area (Å²) in [6, 6.07) is 0. The molecule has 0 N–H and O–H groups in total. The molecule has 0 aliphatic rings. The molecule has 0 bridgehead atoms. The Labute approximate surface area is 138 Å². The van der Waals surface area contributed by atoms with Gasteiger partial charge in [-0.15, -0.1) is 0 Å². The smallest absolute Gasteiger partial charge is 0.330 e. The van der Waals surface area contributed by atoms with Gasteiger partial charge in [-0.25, -0.2) is 4.79 Å². The van der Waals surface area contributed by atoms with E-state index in [1.54, 1.807) is 6.08 Å². The van der Waals surface area contributed by atoms with Gasteiger partial charge in [-0.05, 0) is 12.8 Å². The molecule has 2 nitrogen and oxygen atoms in total. The second kappa shape index (κ2) is 18.0. The van der Waals surface area contributed by atoms with E-state index in [-0.39, 0.29) is 5.97 Å². The molecule has 128 valence electrons. The van der Waals surface area contributed by atoms with Gasteiger partial charge in [0.05, 0.1) is 7.11 Å². The van der Waals surface area contributed by atoms with E-state index in [1.807, 2.05) is 6.08 Å². The predicted octanol–water partition coefficient (Wildman–Crippen LogP) is 6.36. The number of hydrogen-bond donors (Lipinski definition) is 0. The zero-order chi connectivity index (χ0) is 16.3. The summed E-state index contributed by atoms with van der Waals surface area (Å²) in [5.74, 6) is -0.296. The fourth-order valence-electron chi connectivity index (χ4n) is 2.48. The molecule has 0 aliphatic heterocycles. The van der Waals surface area contributed by atoms with E-state index in [1.165, 1.54) is 90.2 Å². The lowest BCUT2D eigenvalue weighted by Gasteiger charge is -2.02. The zero-order valence-corrected chi connectivity index (χ0v) is 14.8. The zero-order valence-electron chi connectivity index (χ0n) is 14.8. The molecule has 0 aliphatic carbocycles. The third-order valence-corrected chi connectivity index (χ3v) is 3.91. The summed E-state index contributed by atoms with van der Waals surface area (Å²) >= 11 is 0. The summed E-state index contributed by atoms with van der Waals surface area (Å²) in [5.41, 5.74) is 0. The summed E-state index contributed by atoms with van der Waals surface area (Å²) in [6.45, 7) is 2.27. The first kappa shape index (κ1) is 20.9. The number of unbranched alkanes of at least 4 members (excludes halogenated alkanes) is 12. The van der Waals surface area contributed by atoms with Crippen LogP contribution in [0.5, 0.6) is 0 Å². The number of rotatable bonds is 15. The monoisotopic (exact) mass is 308 g/mol. The number of esters is 1. The summed E-state index contributed by atoms with van der Waals surface area (Å²) in [5, 5.41) is 0. The van der Waals surface area contributed by atoms with Crippen LogP contribution in [0.1, 0.15) is 90.4 Å². The third-order valence-electron chi connectivity index (χ3n) is 3.91.